The normalized spacial score (nSPS) is 23.9. The average Bonchev–Trinajstić information content (AvgIpc) is 2.39. The molecule has 17 heavy (non-hydrogen) atoms. The van der Waals surface area contributed by atoms with Gasteiger partial charge in [0.15, 0.2) is 0 Å². The van der Waals surface area contributed by atoms with Crippen LogP contribution < -0.4 is 0 Å². The molecule has 0 aromatic heterocycles. The summed E-state index contributed by atoms with van der Waals surface area (Å²) in [4.78, 5) is 10.8. The van der Waals surface area contributed by atoms with Crippen molar-refractivity contribution < 1.29 is 9.90 Å². The number of carboxylic acids is 1. The molecule has 1 aliphatic carbocycles. The highest BCUT2D eigenvalue weighted by molar-refractivity contribution is 5.70. The molecule has 1 N–H and O–H groups in total. The summed E-state index contributed by atoms with van der Waals surface area (Å²) in [5.41, 5.74) is 1.90. The Labute approximate surface area is 101 Å². The van der Waals surface area contributed by atoms with Gasteiger partial charge in [-0.25, -0.2) is 0 Å². The molecule has 1 aliphatic rings. The number of aliphatic carboxylic acids is 1. The highest BCUT2D eigenvalue weighted by atomic mass is 16.4. The van der Waals surface area contributed by atoms with Gasteiger partial charge in [0.25, 0.3) is 0 Å². The molecule has 0 spiro atoms. The quantitative estimate of drug-likeness (QED) is 0.848. The fourth-order valence-electron chi connectivity index (χ4n) is 2.50. The van der Waals surface area contributed by atoms with E-state index in [1.54, 1.807) is 0 Å². The van der Waals surface area contributed by atoms with Crippen LogP contribution in [0.4, 0.5) is 0 Å². The molecule has 0 unspecified atom stereocenters. The minimum absolute atomic E-state index is 0.162. The van der Waals surface area contributed by atoms with E-state index in [0.29, 0.717) is 11.5 Å². The summed E-state index contributed by atoms with van der Waals surface area (Å²) in [7, 11) is 0. The van der Waals surface area contributed by atoms with Gasteiger partial charge in [0, 0.05) is 0 Å². The van der Waals surface area contributed by atoms with E-state index in [0.717, 1.165) is 25.7 Å². The predicted molar refractivity (Wildman–Crippen MR) is 63.5 cm³/mol. The predicted octanol–water partition coefficient (Wildman–Crippen LogP) is 2.92. The van der Waals surface area contributed by atoms with Gasteiger partial charge < -0.3 is 5.11 Å². The molecule has 0 aliphatic heterocycles. The molecule has 0 radical (unpaired) electrons. The lowest BCUT2D eigenvalue weighted by Crippen LogP contribution is -2.20. The van der Waals surface area contributed by atoms with Gasteiger partial charge in [0.1, 0.15) is 0 Å². The van der Waals surface area contributed by atoms with Crippen LogP contribution in [0.25, 0.3) is 0 Å². The van der Waals surface area contributed by atoms with E-state index in [4.69, 9.17) is 10.4 Å². The van der Waals surface area contributed by atoms with Gasteiger partial charge in [0.2, 0.25) is 0 Å². The van der Waals surface area contributed by atoms with Gasteiger partial charge >= 0.3 is 5.97 Å². The summed E-state index contributed by atoms with van der Waals surface area (Å²) >= 11 is 0. The SMILES string of the molecule is N#Cc1ccc(C2CCC(C(=O)O)CC2)cc1. The molecule has 0 bridgehead atoms. The second-order valence-corrected chi connectivity index (χ2v) is 4.62. The maximum absolute atomic E-state index is 10.8. The highest BCUT2D eigenvalue weighted by Crippen LogP contribution is 2.35. The van der Waals surface area contributed by atoms with Gasteiger partial charge in [-0.2, -0.15) is 5.26 Å². The topological polar surface area (TPSA) is 61.1 Å². The largest absolute Gasteiger partial charge is 0.481 e. The number of rotatable bonds is 2. The van der Waals surface area contributed by atoms with Crippen LogP contribution in [0, 0.1) is 17.2 Å². The van der Waals surface area contributed by atoms with Crippen molar-refractivity contribution in [2.75, 3.05) is 0 Å². The van der Waals surface area contributed by atoms with Crippen molar-refractivity contribution in [1.29, 1.82) is 5.26 Å². The standard InChI is InChI=1S/C14H15NO2/c15-9-10-1-3-11(4-2-10)12-5-7-13(8-6-12)14(16)17/h1-4,12-13H,5-8H2,(H,16,17). The van der Waals surface area contributed by atoms with E-state index in [1.807, 2.05) is 24.3 Å². The summed E-state index contributed by atoms with van der Waals surface area (Å²) in [5, 5.41) is 17.6. The number of nitriles is 1. The van der Waals surface area contributed by atoms with Crippen LogP contribution >= 0.6 is 0 Å². The third kappa shape index (κ3) is 2.65. The van der Waals surface area contributed by atoms with Gasteiger partial charge in [-0.1, -0.05) is 12.1 Å². The van der Waals surface area contributed by atoms with E-state index in [-0.39, 0.29) is 5.92 Å². The maximum Gasteiger partial charge on any atom is 0.306 e. The lowest BCUT2D eigenvalue weighted by atomic mass is 9.78. The van der Waals surface area contributed by atoms with Crippen molar-refractivity contribution >= 4 is 5.97 Å². The third-order valence-corrected chi connectivity index (χ3v) is 3.59. The van der Waals surface area contributed by atoms with Crippen LogP contribution in [-0.2, 0) is 4.79 Å². The van der Waals surface area contributed by atoms with Crippen molar-refractivity contribution in [3.8, 4) is 6.07 Å². The molecule has 1 aromatic carbocycles. The summed E-state index contributed by atoms with van der Waals surface area (Å²) < 4.78 is 0. The number of hydrogen-bond acceptors (Lipinski definition) is 2. The molecule has 0 heterocycles. The molecule has 3 nitrogen and oxygen atoms in total. The van der Waals surface area contributed by atoms with Crippen molar-refractivity contribution in [2.45, 2.75) is 31.6 Å². The molecule has 0 atom stereocenters. The number of hydrogen-bond donors (Lipinski definition) is 1. The Bertz CT molecular complexity index is 436. The first-order valence-corrected chi connectivity index (χ1v) is 5.93. The minimum Gasteiger partial charge on any atom is -0.481 e. The Balaban J connectivity index is 2.00. The highest BCUT2D eigenvalue weighted by Gasteiger charge is 2.26. The van der Waals surface area contributed by atoms with E-state index in [2.05, 4.69) is 6.07 Å². The van der Waals surface area contributed by atoms with Crippen LogP contribution in [0.2, 0.25) is 0 Å². The zero-order valence-electron chi connectivity index (χ0n) is 9.60. The molecular weight excluding hydrogens is 214 g/mol. The van der Waals surface area contributed by atoms with Crippen LogP contribution in [0.15, 0.2) is 24.3 Å². The summed E-state index contributed by atoms with van der Waals surface area (Å²) in [6.45, 7) is 0. The van der Waals surface area contributed by atoms with Gasteiger partial charge in [0.05, 0.1) is 17.6 Å². The Morgan fingerprint density at radius 1 is 1.18 bits per heavy atom. The molecule has 88 valence electrons. The summed E-state index contributed by atoms with van der Waals surface area (Å²) in [6.07, 6.45) is 3.39. The van der Waals surface area contributed by atoms with Crippen molar-refractivity contribution in [2.24, 2.45) is 5.92 Å². The number of benzene rings is 1. The molecule has 2 rings (SSSR count). The fourth-order valence-corrected chi connectivity index (χ4v) is 2.50. The van der Waals surface area contributed by atoms with Gasteiger partial charge in [-0.3, -0.25) is 4.79 Å². The molecule has 0 saturated heterocycles. The van der Waals surface area contributed by atoms with Crippen LogP contribution in [0.5, 0.6) is 0 Å². The number of carboxylic acid groups (broad SMARTS) is 1. The average molecular weight is 229 g/mol. The minimum atomic E-state index is -0.664. The molecule has 0 amide bonds. The van der Waals surface area contributed by atoms with Crippen molar-refractivity contribution in [3.05, 3.63) is 35.4 Å². The Hall–Kier alpha value is -1.82. The Morgan fingerprint density at radius 2 is 1.76 bits per heavy atom. The second-order valence-electron chi connectivity index (χ2n) is 4.62. The molecule has 1 fully saturated rings. The third-order valence-electron chi connectivity index (χ3n) is 3.59. The Morgan fingerprint density at radius 3 is 2.24 bits per heavy atom. The van der Waals surface area contributed by atoms with E-state index < -0.39 is 5.97 Å². The first-order valence-electron chi connectivity index (χ1n) is 5.93. The fraction of sp³-hybridized carbons (Fsp3) is 0.429. The van der Waals surface area contributed by atoms with E-state index >= 15 is 0 Å². The zero-order valence-corrected chi connectivity index (χ0v) is 9.60. The molecule has 1 saturated carbocycles. The van der Waals surface area contributed by atoms with E-state index in [1.165, 1.54) is 5.56 Å². The Kier molecular flexibility index (Phi) is 3.43. The number of carbonyl (C=O) groups is 1. The van der Waals surface area contributed by atoms with Crippen molar-refractivity contribution in [1.82, 2.24) is 0 Å². The van der Waals surface area contributed by atoms with Crippen molar-refractivity contribution in [3.63, 3.8) is 0 Å². The monoisotopic (exact) mass is 229 g/mol. The molecular formula is C14H15NO2. The molecule has 1 aromatic rings. The summed E-state index contributed by atoms with van der Waals surface area (Å²) in [5.74, 6) is -0.369. The second kappa shape index (κ2) is 5.01. The zero-order chi connectivity index (χ0) is 12.3. The smallest absolute Gasteiger partial charge is 0.306 e. The van der Waals surface area contributed by atoms with Crippen LogP contribution in [0.1, 0.15) is 42.7 Å². The first kappa shape index (κ1) is 11.7. The van der Waals surface area contributed by atoms with Crippen LogP contribution in [0.3, 0.4) is 0 Å². The maximum atomic E-state index is 10.8. The lowest BCUT2D eigenvalue weighted by molar-refractivity contribution is -0.142. The first-order chi connectivity index (χ1) is 8.20. The van der Waals surface area contributed by atoms with Gasteiger partial charge in [-0.05, 0) is 49.3 Å². The van der Waals surface area contributed by atoms with Gasteiger partial charge in [-0.15, -0.1) is 0 Å². The summed E-state index contributed by atoms with van der Waals surface area (Å²) in [6, 6.07) is 9.75. The van der Waals surface area contributed by atoms with Crippen LogP contribution in [-0.4, -0.2) is 11.1 Å². The number of nitrogens with zero attached hydrogens (tertiary/aromatic N) is 1. The van der Waals surface area contributed by atoms with E-state index in [9.17, 15) is 4.79 Å². The molecule has 3 heteroatoms. The lowest BCUT2D eigenvalue weighted by Gasteiger charge is -2.26.